The van der Waals surface area contributed by atoms with E-state index in [1.807, 2.05) is 0 Å². The van der Waals surface area contributed by atoms with E-state index < -0.39 is 10.0 Å². The largest absolute Gasteiger partial charge is 0.507 e. The summed E-state index contributed by atoms with van der Waals surface area (Å²) in [6.45, 7) is 2.67. The van der Waals surface area contributed by atoms with Crippen LogP contribution < -0.4 is 0 Å². The molecule has 1 fully saturated rings. The Balaban J connectivity index is 1.65. The van der Waals surface area contributed by atoms with Crippen molar-refractivity contribution in [1.82, 2.24) is 9.21 Å². The first kappa shape index (κ1) is 20.9. The zero-order chi connectivity index (χ0) is 20.5. The third-order valence-electron chi connectivity index (χ3n) is 4.66. The second kappa shape index (κ2) is 8.29. The second-order valence-electron chi connectivity index (χ2n) is 6.68. The monoisotopic (exact) mass is 442 g/mol. The quantitative estimate of drug-likeness (QED) is 0.788. The van der Waals surface area contributed by atoms with Gasteiger partial charge in [0.15, 0.2) is 0 Å². The molecular formula is C19H20Cl2N2O4S. The Hall–Kier alpha value is -1.80. The fraction of sp³-hybridized carbons (Fsp3) is 0.316. The lowest BCUT2D eigenvalue weighted by Gasteiger charge is -2.34. The van der Waals surface area contributed by atoms with Gasteiger partial charge in [-0.05, 0) is 42.3 Å². The lowest BCUT2D eigenvalue weighted by molar-refractivity contribution is -0.131. The Morgan fingerprint density at radius 1 is 1.04 bits per heavy atom. The molecular weight excluding hydrogens is 423 g/mol. The van der Waals surface area contributed by atoms with Crippen LogP contribution >= 0.6 is 23.2 Å². The maximum atomic E-state index is 12.8. The number of carbonyl (C=O) groups is 1. The number of sulfonamides is 1. The van der Waals surface area contributed by atoms with Crippen molar-refractivity contribution in [3.05, 3.63) is 57.6 Å². The average molecular weight is 443 g/mol. The number of aryl methyl sites for hydroxylation is 1. The van der Waals surface area contributed by atoms with Crippen molar-refractivity contribution in [1.29, 1.82) is 0 Å². The number of carbonyl (C=O) groups excluding carboxylic acids is 1. The molecule has 0 aliphatic carbocycles. The zero-order valence-corrected chi connectivity index (χ0v) is 17.6. The molecule has 1 N–H and O–H groups in total. The number of piperazine rings is 1. The lowest BCUT2D eigenvalue weighted by atomic mass is 10.1. The normalized spacial score (nSPS) is 15.6. The van der Waals surface area contributed by atoms with Gasteiger partial charge in [-0.15, -0.1) is 0 Å². The molecule has 3 rings (SSSR count). The molecule has 0 spiro atoms. The molecule has 0 unspecified atom stereocenters. The fourth-order valence-electron chi connectivity index (χ4n) is 3.08. The highest BCUT2D eigenvalue weighted by Crippen LogP contribution is 2.28. The van der Waals surface area contributed by atoms with Crippen LogP contribution in [0.15, 0.2) is 41.3 Å². The zero-order valence-electron chi connectivity index (χ0n) is 15.2. The van der Waals surface area contributed by atoms with Crippen LogP contribution in [0.3, 0.4) is 0 Å². The molecule has 0 saturated carbocycles. The Bertz CT molecular complexity index is 1000. The minimum atomic E-state index is -3.82. The molecule has 0 bridgehead atoms. The van der Waals surface area contributed by atoms with E-state index in [0.29, 0.717) is 10.0 Å². The number of halogens is 2. The van der Waals surface area contributed by atoms with Crippen molar-refractivity contribution in [3.8, 4) is 5.75 Å². The average Bonchev–Trinajstić information content (AvgIpc) is 2.66. The van der Waals surface area contributed by atoms with Gasteiger partial charge in [-0.25, -0.2) is 8.42 Å². The highest BCUT2D eigenvalue weighted by atomic mass is 35.5. The minimum Gasteiger partial charge on any atom is -0.507 e. The first-order chi connectivity index (χ1) is 13.2. The lowest BCUT2D eigenvalue weighted by Crippen LogP contribution is -2.50. The summed E-state index contributed by atoms with van der Waals surface area (Å²) in [6.07, 6.45) is 0.169. The molecule has 2 aromatic carbocycles. The van der Waals surface area contributed by atoms with E-state index in [9.17, 15) is 18.3 Å². The maximum absolute atomic E-state index is 12.8. The molecule has 0 atom stereocenters. The van der Waals surface area contributed by atoms with Gasteiger partial charge in [-0.3, -0.25) is 4.79 Å². The van der Waals surface area contributed by atoms with Crippen LogP contribution in [-0.4, -0.2) is 54.8 Å². The summed E-state index contributed by atoms with van der Waals surface area (Å²) >= 11 is 11.9. The van der Waals surface area contributed by atoms with Gasteiger partial charge in [0.1, 0.15) is 10.6 Å². The molecule has 0 aromatic heterocycles. The maximum Gasteiger partial charge on any atom is 0.246 e. The number of hydrogen-bond acceptors (Lipinski definition) is 4. The van der Waals surface area contributed by atoms with Gasteiger partial charge < -0.3 is 10.0 Å². The molecule has 1 aliphatic rings. The van der Waals surface area contributed by atoms with Crippen LogP contribution in [0.1, 0.15) is 11.1 Å². The number of phenols is 1. The number of benzene rings is 2. The van der Waals surface area contributed by atoms with Gasteiger partial charge in [0, 0.05) is 26.2 Å². The first-order valence-electron chi connectivity index (χ1n) is 8.70. The van der Waals surface area contributed by atoms with Gasteiger partial charge >= 0.3 is 0 Å². The summed E-state index contributed by atoms with van der Waals surface area (Å²) in [5.74, 6) is -0.377. The van der Waals surface area contributed by atoms with Crippen molar-refractivity contribution in [3.63, 3.8) is 0 Å². The molecule has 1 aliphatic heterocycles. The summed E-state index contributed by atoms with van der Waals surface area (Å²) < 4.78 is 27.0. The topological polar surface area (TPSA) is 77.9 Å². The smallest absolute Gasteiger partial charge is 0.246 e. The highest BCUT2D eigenvalue weighted by molar-refractivity contribution is 7.89. The van der Waals surface area contributed by atoms with Crippen LogP contribution in [-0.2, 0) is 21.2 Å². The van der Waals surface area contributed by atoms with Gasteiger partial charge in [0.05, 0.1) is 16.5 Å². The number of rotatable bonds is 4. The Morgan fingerprint density at radius 2 is 1.71 bits per heavy atom. The summed E-state index contributed by atoms with van der Waals surface area (Å²) in [7, 11) is -3.82. The Labute approximate surface area is 174 Å². The standard InChI is InChI=1S/C19H20Cl2N2O4S/c1-13-2-5-17(24)18(10-13)28(26,27)23-8-6-22(7-9-23)19(25)12-14-3-4-15(20)16(21)11-14/h2-5,10-11,24H,6-9,12H2,1H3. The first-order valence-corrected chi connectivity index (χ1v) is 10.9. The molecule has 1 amide bonds. The molecule has 0 radical (unpaired) electrons. The minimum absolute atomic E-state index is 0.103. The summed E-state index contributed by atoms with van der Waals surface area (Å²) in [5.41, 5.74) is 1.49. The molecule has 1 heterocycles. The molecule has 1 saturated heterocycles. The van der Waals surface area contributed by atoms with E-state index in [-0.39, 0.29) is 49.2 Å². The van der Waals surface area contributed by atoms with E-state index in [0.717, 1.165) is 11.1 Å². The Morgan fingerprint density at radius 3 is 2.36 bits per heavy atom. The van der Waals surface area contributed by atoms with Gasteiger partial charge in [-0.2, -0.15) is 4.31 Å². The van der Waals surface area contributed by atoms with Crippen LogP contribution in [0.2, 0.25) is 10.0 Å². The van der Waals surface area contributed by atoms with Crippen LogP contribution in [0, 0.1) is 6.92 Å². The summed E-state index contributed by atoms with van der Waals surface area (Å²) in [6, 6.07) is 9.52. The molecule has 9 heteroatoms. The van der Waals surface area contributed by atoms with Crippen molar-refractivity contribution in [2.24, 2.45) is 0 Å². The van der Waals surface area contributed by atoms with Crippen molar-refractivity contribution >= 4 is 39.1 Å². The third kappa shape index (κ3) is 4.43. The van der Waals surface area contributed by atoms with Crippen LogP contribution in [0.5, 0.6) is 5.75 Å². The van der Waals surface area contributed by atoms with E-state index in [4.69, 9.17) is 23.2 Å². The van der Waals surface area contributed by atoms with Crippen molar-refractivity contribution in [2.75, 3.05) is 26.2 Å². The highest BCUT2D eigenvalue weighted by Gasteiger charge is 2.31. The van der Waals surface area contributed by atoms with Gasteiger partial charge in [-0.1, -0.05) is 35.3 Å². The van der Waals surface area contributed by atoms with Gasteiger partial charge in [0.25, 0.3) is 0 Å². The number of hydrogen-bond donors (Lipinski definition) is 1. The molecule has 2 aromatic rings. The Kier molecular flexibility index (Phi) is 6.19. The number of amides is 1. The fourth-order valence-corrected chi connectivity index (χ4v) is 4.99. The van der Waals surface area contributed by atoms with E-state index in [1.54, 1.807) is 36.1 Å². The van der Waals surface area contributed by atoms with E-state index in [2.05, 4.69) is 0 Å². The SMILES string of the molecule is Cc1ccc(O)c(S(=O)(=O)N2CCN(C(=O)Cc3ccc(Cl)c(Cl)c3)CC2)c1. The van der Waals surface area contributed by atoms with Crippen LogP contribution in [0.25, 0.3) is 0 Å². The third-order valence-corrected chi connectivity index (χ3v) is 7.33. The van der Waals surface area contributed by atoms with Crippen molar-refractivity contribution < 1.29 is 18.3 Å². The molecule has 6 nitrogen and oxygen atoms in total. The number of aromatic hydroxyl groups is 1. The van der Waals surface area contributed by atoms with Crippen molar-refractivity contribution in [2.45, 2.75) is 18.2 Å². The van der Waals surface area contributed by atoms with Crippen LogP contribution in [0.4, 0.5) is 0 Å². The number of phenolic OH excluding ortho intramolecular Hbond substituents is 1. The second-order valence-corrected chi connectivity index (χ2v) is 9.40. The van der Waals surface area contributed by atoms with E-state index in [1.165, 1.54) is 16.4 Å². The summed E-state index contributed by atoms with van der Waals surface area (Å²) in [5, 5.41) is 10.8. The predicted octanol–water partition coefficient (Wildman–Crippen LogP) is 3.08. The predicted molar refractivity (Wildman–Crippen MR) is 108 cm³/mol. The molecule has 28 heavy (non-hydrogen) atoms. The number of nitrogens with zero attached hydrogens (tertiary/aromatic N) is 2. The van der Waals surface area contributed by atoms with Gasteiger partial charge in [0.2, 0.25) is 15.9 Å². The van der Waals surface area contributed by atoms with E-state index >= 15 is 0 Å². The molecule has 150 valence electrons. The summed E-state index contributed by atoms with van der Waals surface area (Å²) in [4.78, 5) is 14.1.